The zero-order chi connectivity index (χ0) is 16.2. The highest BCUT2D eigenvalue weighted by Gasteiger charge is 2.23. The quantitative estimate of drug-likeness (QED) is 0.851. The summed E-state index contributed by atoms with van der Waals surface area (Å²) in [6.07, 6.45) is 0.263. The van der Waals surface area contributed by atoms with E-state index in [0.29, 0.717) is 13.0 Å². The monoisotopic (exact) mass is 300 g/mol. The van der Waals surface area contributed by atoms with Crippen LogP contribution in [0.3, 0.4) is 0 Å². The molecule has 2 N–H and O–H groups in total. The van der Waals surface area contributed by atoms with E-state index in [1.165, 1.54) is 5.56 Å². The first kappa shape index (κ1) is 16.4. The first-order chi connectivity index (χ1) is 10.4. The van der Waals surface area contributed by atoms with Gasteiger partial charge in [-0.25, -0.2) is 0 Å². The number of hydrogen-bond donors (Lipinski definition) is 2. The van der Waals surface area contributed by atoms with Gasteiger partial charge in [0.1, 0.15) is 18.1 Å². The minimum Gasteiger partial charge on any atom is -0.508 e. The van der Waals surface area contributed by atoms with E-state index in [1.54, 1.807) is 12.1 Å². The predicted molar refractivity (Wildman–Crippen MR) is 88.5 cm³/mol. The average molecular weight is 300 g/mol. The molecule has 2 aromatic carbocycles. The van der Waals surface area contributed by atoms with Crippen LogP contribution >= 0.6 is 0 Å². The van der Waals surface area contributed by atoms with Crippen LogP contribution in [0.1, 0.15) is 38.3 Å². The van der Waals surface area contributed by atoms with Crippen molar-refractivity contribution >= 4 is 0 Å². The van der Waals surface area contributed by atoms with E-state index in [4.69, 9.17) is 4.74 Å². The number of benzene rings is 2. The number of aliphatic hydroxyl groups is 1. The van der Waals surface area contributed by atoms with Gasteiger partial charge in [-0.3, -0.25) is 0 Å². The summed E-state index contributed by atoms with van der Waals surface area (Å²) in [5, 5.41) is 18.9. The Kier molecular flexibility index (Phi) is 5.09. The zero-order valence-electron chi connectivity index (χ0n) is 13.4. The molecule has 22 heavy (non-hydrogen) atoms. The van der Waals surface area contributed by atoms with Gasteiger partial charge in [0.05, 0.1) is 6.10 Å². The predicted octanol–water partition coefficient (Wildman–Crippen LogP) is 3.87. The molecule has 0 saturated carbocycles. The molecule has 1 unspecified atom stereocenters. The van der Waals surface area contributed by atoms with Gasteiger partial charge in [0.2, 0.25) is 0 Å². The summed E-state index contributed by atoms with van der Waals surface area (Å²) in [5.41, 5.74) is 2.15. The summed E-state index contributed by atoms with van der Waals surface area (Å²) in [6.45, 7) is 6.54. The topological polar surface area (TPSA) is 49.7 Å². The number of rotatable bonds is 6. The molecular weight excluding hydrogens is 276 g/mol. The standard InChI is InChI=1S/C19H24O3/c1-4-16(20)13-22-18-11-7-15(8-12-18)19(2,3)14-5-9-17(21)10-6-14/h5-12,16,20-21H,4,13H2,1-3H3. The van der Waals surface area contributed by atoms with Crippen LogP contribution in [0.2, 0.25) is 0 Å². The summed E-state index contributed by atoms with van der Waals surface area (Å²) in [7, 11) is 0. The molecule has 2 rings (SSSR count). The normalized spacial score (nSPS) is 12.9. The Morgan fingerprint density at radius 3 is 1.95 bits per heavy atom. The Morgan fingerprint density at radius 1 is 0.955 bits per heavy atom. The van der Waals surface area contributed by atoms with Crippen LogP contribution in [0.4, 0.5) is 0 Å². The molecule has 0 aliphatic rings. The van der Waals surface area contributed by atoms with Crippen molar-refractivity contribution in [3.63, 3.8) is 0 Å². The fourth-order valence-corrected chi connectivity index (χ4v) is 2.32. The van der Waals surface area contributed by atoms with Crippen molar-refractivity contribution in [3.8, 4) is 11.5 Å². The van der Waals surface area contributed by atoms with E-state index >= 15 is 0 Å². The van der Waals surface area contributed by atoms with Crippen LogP contribution in [0.15, 0.2) is 48.5 Å². The van der Waals surface area contributed by atoms with Crippen molar-refractivity contribution in [1.82, 2.24) is 0 Å². The largest absolute Gasteiger partial charge is 0.508 e. The van der Waals surface area contributed by atoms with Gasteiger partial charge in [0.15, 0.2) is 0 Å². The lowest BCUT2D eigenvalue weighted by molar-refractivity contribution is 0.104. The van der Waals surface area contributed by atoms with Crippen molar-refractivity contribution in [1.29, 1.82) is 0 Å². The molecule has 1 atom stereocenters. The Balaban J connectivity index is 2.13. The molecule has 3 heteroatoms. The van der Waals surface area contributed by atoms with Crippen molar-refractivity contribution < 1.29 is 14.9 Å². The number of phenolic OH excluding ortho intramolecular Hbond substituents is 1. The number of aromatic hydroxyl groups is 1. The van der Waals surface area contributed by atoms with Crippen LogP contribution in [-0.2, 0) is 5.41 Å². The number of ether oxygens (including phenoxy) is 1. The molecule has 0 aliphatic carbocycles. The summed E-state index contributed by atoms with van der Waals surface area (Å²) in [6, 6.07) is 15.2. The molecule has 0 fully saturated rings. The van der Waals surface area contributed by atoms with Crippen molar-refractivity contribution in [2.24, 2.45) is 0 Å². The second-order valence-electron chi connectivity index (χ2n) is 6.07. The van der Waals surface area contributed by atoms with Crippen molar-refractivity contribution in [3.05, 3.63) is 59.7 Å². The minimum absolute atomic E-state index is 0.158. The summed E-state index contributed by atoms with van der Waals surface area (Å²) < 4.78 is 5.56. The van der Waals surface area contributed by atoms with E-state index in [1.807, 2.05) is 43.3 Å². The number of phenols is 1. The maximum Gasteiger partial charge on any atom is 0.119 e. The highest BCUT2D eigenvalue weighted by molar-refractivity contribution is 5.41. The summed E-state index contributed by atoms with van der Waals surface area (Å²) in [4.78, 5) is 0. The molecule has 0 spiro atoms. The first-order valence-electron chi connectivity index (χ1n) is 7.64. The summed E-state index contributed by atoms with van der Waals surface area (Å²) in [5.74, 6) is 1.04. The lowest BCUT2D eigenvalue weighted by Gasteiger charge is -2.26. The third kappa shape index (κ3) is 3.80. The first-order valence-corrected chi connectivity index (χ1v) is 7.64. The molecule has 3 nitrogen and oxygen atoms in total. The van der Waals surface area contributed by atoms with Gasteiger partial charge in [0, 0.05) is 5.41 Å². The van der Waals surface area contributed by atoms with Gasteiger partial charge in [-0.1, -0.05) is 45.0 Å². The van der Waals surface area contributed by atoms with E-state index < -0.39 is 6.10 Å². The van der Waals surface area contributed by atoms with E-state index in [0.717, 1.165) is 11.3 Å². The molecule has 0 amide bonds. The molecular formula is C19H24O3. The second kappa shape index (κ2) is 6.84. The highest BCUT2D eigenvalue weighted by Crippen LogP contribution is 2.33. The van der Waals surface area contributed by atoms with Gasteiger partial charge in [-0.15, -0.1) is 0 Å². The molecule has 0 saturated heterocycles. The second-order valence-corrected chi connectivity index (χ2v) is 6.07. The van der Waals surface area contributed by atoms with Crippen molar-refractivity contribution in [2.45, 2.75) is 38.7 Å². The molecule has 0 radical (unpaired) electrons. The summed E-state index contributed by atoms with van der Waals surface area (Å²) >= 11 is 0. The molecule has 0 bridgehead atoms. The van der Waals surface area contributed by atoms with Gasteiger partial charge in [-0.2, -0.15) is 0 Å². The third-order valence-electron chi connectivity index (χ3n) is 4.08. The molecule has 2 aromatic rings. The van der Waals surface area contributed by atoms with Crippen LogP contribution in [0.5, 0.6) is 11.5 Å². The Bertz CT molecular complexity index is 585. The Morgan fingerprint density at radius 2 is 1.45 bits per heavy atom. The van der Waals surface area contributed by atoms with Crippen LogP contribution in [0, 0.1) is 0 Å². The van der Waals surface area contributed by atoms with Gasteiger partial charge < -0.3 is 14.9 Å². The third-order valence-corrected chi connectivity index (χ3v) is 4.08. The van der Waals surface area contributed by atoms with E-state index in [-0.39, 0.29) is 11.2 Å². The molecule has 0 heterocycles. The lowest BCUT2D eigenvalue weighted by Crippen LogP contribution is -2.19. The maximum absolute atomic E-state index is 9.53. The SMILES string of the molecule is CCC(O)COc1ccc(C(C)(C)c2ccc(O)cc2)cc1. The number of aliphatic hydroxyl groups excluding tert-OH is 1. The number of hydrogen-bond acceptors (Lipinski definition) is 3. The average Bonchev–Trinajstić information content (AvgIpc) is 2.53. The van der Waals surface area contributed by atoms with Crippen LogP contribution in [-0.4, -0.2) is 22.9 Å². The Hall–Kier alpha value is -2.00. The maximum atomic E-state index is 9.53. The van der Waals surface area contributed by atoms with Gasteiger partial charge in [0.25, 0.3) is 0 Å². The van der Waals surface area contributed by atoms with E-state index in [9.17, 15) is 10.2 Å². The fraction of sp³-hybridized carbons (Fsp3) is 0.368. The van der Waals surface area contributed by atoms with Crippen LogP contribution in [0.25, 0.3) is 0 Å². The lowest BCUT2D eigenvalue weighted by atomic mass is 9.78. The fourth-order valence-electron chi connectivity index (χ4n) is 2.32. The van der Waals surface area contributed by atoms with E-state index in [2.05, 4.69) is 13.8 Å². The smallest absolute Gasteiger partial charge is 0.119 e. The highest BCUT2D eigenvalue weighted by atomic mass is 16.5. The Labute approximate surface area is 132 Å². The molecule has 0 aromatic heterocycles. The van der Waals surface area contributed by atoms with Crippen molar-refractivity contribution in [2.75, 3.05) is 6.61 Å². The minimum atomic E-state index is -0.423. The van der Waals surface area contributed by atoms with Crippen LogP contribution < -0.4 is 4.74 Å². The van der Waals surface area contributed by atoms with Gasteiger partial charge in [-0.05, 0) is 41.8 Å². The molecule has 118 valence electrons. The molecule has 0 aliphatic heterocycles. The zero-order valence-corrected chi connectivity index (χ0v) is 13.4. The van der Waals surface area contributed by atoms with Gasteiger partial charge >= 0.3 is 0 Å².